The molecular weight excluding hydrogens is 282 g/mol. The number of hydrogen-bond donors (Lipinski definition) is 1. The van der Waals surface area contributed by atoms with Gasteiger partial charge in [-0.25, -0.2) is 4.68 Å². The van der Waals surface area contributed by atoms with Gasteiger partial charge in [0.05, 0.1) is 11.4 Å². The van der Waals surface area contributed by atoms with Gasteiger partial charge in [0.15, 0.2) is 10.8 Å². The Labute approximate surface area is 127 Å². The van der Waals surface area contributed by atoms with Crippen LogP contribution >= 0.6 is 11.3 Å². The fraction of sp³-hybridized carbons (Fsp3) is 0.467. The molecule has 1 aliphatic rings. The van der Waals surface area contributed by atoms with Crippen molar-refractivity contribution in [1.29, 1.82) is 0 Å². The van der Waals surface area contributed by atoms with Crippen LogP contribution in [0.25, 0.3) is 10.8 Å². The zero-order valence-corrected chi connectivity index (χ0v) is 13.4. The van der Waals surface area contributed by atoms with Crippen LogP contribution < -0.4 is 5.32 Å². The summed E-state index contributed by atoms with van der Waals surface area (Å²) in [5, 5.41) is 10.4. The van der Waals surface area contributed by atoms with Crippen molar-refractivity contribution in [2.45, 2.75) is 46.2 Å². The van der Waals surface area contributed by atoms with E-state index in [-0.39, 0.29) is 0 Å². The first kappa shape index (κ1) is 13.0. The maximum atomic E-state index is 4.80. The first-order valence-corrected chi connectivity index (χ1v) is 8.24. The number of aromatic nitrogens is 4. The standard InChI is InChI=1S/C15H19N5S/c1-9-10(2)18-20(11(9)3)14-13(8-16-12-4-5-12)19-6-7-21-15(19)17-14/h6-7,12,16H,4-5,8H2,1-3H3. The third kappa shape index (κ3) is 2.10. The minimum Gasteiger partial charge on any atom is -0.308 e. The summed E-state index contributed by atoms with van der Waals surface area (Å²) in [6.07, 6.45) is 4.68. The van der Waals surface area contributed by atoms with E-state index >= 15 is 0 Å². The lowest BCUT2D eigenvalue weighted by molar-refractivity contribution is 0.661. The summed E-state index contributed by atoms with van der Waals surface area (Å²) in [5.41, 5.74) is 4.69. The molecule has 3 aromatic heterocycles. The smallest absolute Gasteiger partial charge is 0.196 e. The summed E-state index contributed by atoms with van der Waals surface area (Å²) in [7, 11) is 0. The Morgan fingerprint density at radius 1 is 1.33 bits per heavy atom. The van der Waals surface area contributed by atoms with Crippen LogP contribution in [0.4, 0.5) is 0 Å². The molecule has 110 valence electrons. The monoisotopic (exact) mass is 301 g/mol. The fourth-order valence-electron chi connectivity index (χ4n) is 2.61. The molecule has 1 saturated carbocycles. The molecule has 0 atom stereocenters. The van der Waals surface area contributed by atoms with E-state index in [2.05, 4.69) is 47.2 Å². The van der Waals surface area contributed by atoms with Gasteiger partial charge in [0, 0.05) is 29.9 Å². The molecular formula is C15H19N5S. The molecule has 1 aliphatic carbocycles. The van der Waals surface area contributed by atoms with Crippen LogP contribution in [0.15, 0.2) is 11.6 Å². The molecule has 0 saturated heterocycles. The van der Waals surface area contributed by atoms with Crippen molar-refractivity contribution in [2.75, 3.05) is 0 Å². The lowest BCUT2D eigenvalue weighted by Gasteiger charge is -2.07. The minimum atomic E-state index is 0.684. The molecule has 0 radical (unpaired) electrons. The van der Waals surface area contributed by atoms with Crippen molar-refractivity contribution < 1.29 is 0 Å². The normalized spacial score (nSPS) is 15.2. The Balaban J connectivity index is 1.83. The third-order valence-electron chi connectivity index (χ3n) is 4.33. The molecule has 1 fully saturated rings. The van der Waals surface area contributed by atoms with E-state index in [9.17, 15) is 0 Å². The second kappa shape index (κ2) is 4.68. The molecule has 1 N–H and O–H groups in total. The number of fused-ring (bicyclic) bond motifs is 1. The van der Waals surface area contributed by atoms with Gasteiger partial charge in [-0.15, -0.1) is 11.3 Å². The van der Waals surface area contributed by atoms with Crippen molar-refractivity contribution in [3.05, 3.63) is 34.2 Å². The number of imidazole rings is 1. The van der Waals surface area contributed by atoms with E-state index in [1.807, 2.05) is 4.68 Å². The zero-order valence-electron chi connectivity index (χ0n) is 12.6. The SMILES string of the molecule is Cc1nn(-c2nc3sccn3c2CNC2CC2)c(C)c1C. The van der Waals surface area contributed by atoms with Crippen LogP contribution in [-0.2, 0) is 6.54 Å². The average Bonchev–Trinajstić information content (AvgIpc) is 2.99. The van der Waals surface area contributed by atoms with Gasteiger partial charge >= 0.3 is 0 Å². The molecule has 6 heteroatoms. The molecule has 0 amide bonds. The van der Waals surface area contributed by atoms with Crippen LogP contribution in [0.1, 0.15) is 35.5 Å². The van der Waals surface area contributed by atoms with Crippen molar-refractivity contribution in [3.8, 4) is 5.82 Å². The summed E-state index contributed by atoms with van der Waals surface area (Å²) in [4.78, 5) is 5.83. The molecule has 3 aromatic rings. The first-order valence-electron chi connectivity index (χ1n) is 7.36. The number of nitrogens with one attached hydrogen (secondary N) is 1. The van der Waals surface area contributed by atoms with Gasteiger partial charge in [-0.1, -0.05) is 0 Å². The van der Waals surface area contributed by atoms with Crippen molar-refractivity contribution >= 4 is 16.3 Å². The van der Waals surface area contributed by atoms with Crippen LogP contribution in [0.2, 0.25) is 0 Å². The highest BCUT2D eigenvalue weighted by Gasteiger charge is 2.23. The molecule has 21 heavy (non-hydrogen) atoms. The Kier molecular flexibility index (Phi) is 2.90. The fourth-order valence-corrected chi connectivity index (χ4v) is 3.34. The van der Waals surface area contributed by atoms with E-state index in [1.54, 1.807) is 11.3 Å². The van der Waals surface area contributed by atoms with Crippen molar-refractivity contribution in [1.82, 2.24) is 24.5 Å². The second-order valence-electron chi connectivity index (χ2n) is 5.80. The second-order valence-corrected chi connectivity index (χ2v) is 6.67. The number of hydrogen-bond acceptors (Lipinski definition) is 4. The van der Waals surface area contributed by atoms with Gasteiger partial charge in [-0.2, -0.15) is 10.1 Å². The number of nitrogens with zero attached hydrogens (tertiary/aromatic N) is 4. The van der Waals surface area contributed by atoms with Gasteiger partial charge in [0.1, 0.15) is 0 Å². The topological polar surface area (TPSA) is 47.2 Å². The molecule has 0 aromatic carbocycles. The van der Waals surface area contributed by atoms with E-state index < -0.39 is 0 Å². The van der Waals surface area contributed by atoms with E-state index in [1.165, 1.54) is 29.8 Å². The lowest BCUT2D eigenvalue weighted by Crippen LogP contribution is -2.18. The van der Waals surface area contributed by atoms with Gasteiger partial charge in [-0.05, 0) is 39.2 Å². The summed E-state index contributed by atoms with van der Waals surface area (Å²) in [6, 6.07) is 0.684. The quantitative estimate of drug-likeness (QED) is 0.806. The first-order chi connectivity index (χ1) is 10.1. The largest absolute Gasteiger partial charge is 0.308 e. The molecule has 3 heterocycles. The lowest BCUT2D eigenvalue weighted by atomic mass is 10.2. The Bertz CT molecular complexity index is 806. The Morgan fingerprint density at radius 3 is 2.81 bits per heavy atom. The zero-order chi connectivity index (χ0) is 14.6. The van der Waals surface area contributed by atoms with Crippen LogP contribution in [-0.4, -0.2) is 25.2 Å². The van der Waals surface area contributed by atoms with Gasteiger partial charge < -0.3 is 5.32 Å². The Morgan fingerprint density at radius 2 is 2.14 bits per heavy atom. The third-order valence-corrected chi connectivity index (χ3v) is 5.09. The van der Waals surface area contributed by atoms with E-state index in [0.717, 1.165) is 23.0 Å². The highest BCUT2D eigenvalue weighted by atomic mass is 32.1. The summed E-state index contributed by atoms with van der Waals surface area (Å²) in [6.45, 7) is 7.13. The summed E-state index contributed by atoms with van der Waals surface area (Å²) in [5.74, 6) is 0.962. The minimum absolute atomic E-state index is 0.684. The number of aryl methyl sites for hydroxylation is 1. The molecule has 5 nitrogen and oxygen atoms in total. The predicted octanol–water partition coefficient (Wildman–Crippen LogP) is 2.76. The van der Waals surface area contributed by atoms with Crippen molar-refractivity contribution in [2.24, 2.45) is 0 Å². The van der Waals surface area contributed by atoms with Crippen LogP contribution in [0, 0.1) is 20.8 Å². The molecule has 4 rings (SSSR count). The van der Waals surface area contributed by atoms with Gasteiger partial charge in [0.25, 0.3) is 0 Å². The Hall–Kier alpha value is -1.66. The maximum Gasteiger partial charge on any atom is 0.196 e. The summed E-state index contributed by atoms with van der Waals surface area (Å²) < 4.78 is 4.18. The van der Waals surface area contributed by atoms with Crippen molar-refractivity contribution in [3.63, 3.8) is 0 Å². The highest BCUT2D eigenvalue weighted by molar-refractivity contribution is 7.15. The molecule has 0 spiro atoms. The maximum absolute atomic E-state index is 4.80. The number of thiazole rings is 1. The highest BCUT2D eigenvalue weighted by Crippen LogP contribution is 2.25. The van der Waals surface area contributed by atoms with Crippen LogP contribution in [0.3, 0.4) is 0 Å². The average molecular weight is 301 g/mol. The van der Waals surface area contributed by atoms with E-state index in [4.69, 9.17) is 4.98 Å². The molecule has 0 bridgehead atoms. The predicted molar refractivity (Wildman–Crippen MR) is 84.3 cm³/mol. The van der Waals surface area contributed by atoms with Gasteiger partial charge in [0.2, 0.25) is 0 Å². The molecule has 0 aliphatic heterocycles. The van der Waals surface area contributed by atoms with Gasteiger partial charge in [-0.3, -0.25) is 4.40 Å². The molecule has 0 unspecified atom stereocenters. The summed E-state index contributed by atoms with van der Waals surface area (Å²) >= 11 is 1.67. The number of rotatable bonds is 4. The van der Waals surface area contributed by atoms with E-state index in [0.29, 0.717) is 6.04 Å². The van der Waals surface area contributed by atoms with Crippen LogP contribution in [0.5, 0.6) is 0 Å².